The lowest BCUT2D eigenvalue weighted by atomic mass is 9.87. The number of allylic oxidation sites excluding steroid dienone is 1. The summed E-state index contributed by atoms with van der Waals surface area (Å²) in [4.78, 5) is 12.5. The summed E-state index contributed by atoms with van der Waals surface area (Å²) in [6, 6.07) is 21.0. The van der Waals surface area contributed by atoms with E-state index in [9.17, 15) is 4.79 Å². The van der Waals surface area contributed by atoms with Crippen molar-refractivity contribution in [3.8, 4) is 17.2 Å². The summed E-state index contributed by atoms with van der Waals surface area (Å²) in [7, 11) is 3.22. The molecule has 0 saturated heterocycles. The van der Waals surface area contributed by atoms with Crippen LogP contribution in [0.4, 0.5) is 0 Å². The van der Waals surface area contributed by atoms with E-state index < -0.39 is 0 Å². The lowest BCUT2D eigenvalue weighted by Gasteiger charge is -2.19. The third-order valence-electron chi connectivity index (χ3n) is 5.20. The molecule has 0 saturated carbocycles. The van der Waals surface area contributed by atoms with Gasteiger partial charge in [0.25, 0.3) is 0 Å². The fourth-order valence-electron chi connectivity index (χ4n) is 3.27. The summed E-state index contributed by atoms with van der Waals surface area (Å²) in [5.41, 5.74) is 3.74. The van der Waals surface area contributed by atoms with Crippen LogP contribution in [0.25, 0.3) is 6.08 Å². The molecule has 0 radical (unpaired) electrons. The van der Waals surface area contributed by atoms with Crippen LogP contribution in [0.2, 0.25) is 0 Å². The Balaban J connectivity index is 1.72. The standard InChI is InChI=1S/C28H30O4/c1-28(2,3)23-11-13-24(14-12-23)32-19-22-17-20(10-16-27(22)31-5)9-15-26(29)21-7-6-8-25(18-21)30-4/h6-18H,19H2,1-5H3/b15-9+. The SMILES string of the molecule is COc1cccc(C(=O)/C=C/c2ccc(OC)c(COc3ccc(C(C)(C)C)cc3)c2)c1. The predicted octanol–water partition coefficient (Wildman–Crippen LogP) is 6.48. The first-order valence-corrected chi connectivity index (χ1v) is 10.6. The topological polar surface area (TPSA) is 44.8 Å². The molecule has 0 amide bonds. The van der Waals surface area contributed by atoms with Crippen LogP contribution in [-0.4, -0.2) is 20.0 Å². The summed E-state index contributed by atoms with van der Waals surface area (Å²) >= 11 is 0. The minimum absolute atomic E-state index is 0.0866. The maximum absolute atomic E-state index is 12.5. The van der Waals surface area contributed by atoms with Crippen molar-refractivity contribution in [3.05, 3.63) is 95.1 Å². The fourth-order valence-corrected chi connectivity index (χ4v) is 3.27. The van der Waals surface area contributed by atoms with Crippen LogP contribution < -0.4 is 14.2 Å². The number of benzene rings is 3. The Morgan fingerprint density at radius 1 is 0.875 bits per heavy atom. The number of methoxy groups -OCH3 is 2. The highest BCUT2D eigenvalue weighted by molar-refractivity contribution is 6.07. The zero-order valence-corrected chi connectivity index (χ0v) is 19.3. The van der Waals surface area contributed by atoms with Crippen molar-refractivity contribution in [2.24, 2.45) is 0 Å². The second-order valence-corrected chi connectivity index (χ2v) is 8.56. The minimum atomic E-state index is -0.0866. The van der Waals surface area contributed by atoms with E-state index in [0.717, 1.165) is 22.6 Å². The van der Waals surface area contributed by atoms with Gasteiger partial charge in [-0.25, -0.2) is 0 Å². The number of hydrogen-bond donors (Lipinski definition) is 0. The van der Waals surface area contributed by atoms with Crippen molar-refractivity contribution in [2.75, 3.05) is 14.2 Å². The molecule has 0 N–H and O–H groups in total. The van der Waals surface area contributed by atoms with Crippen molar-refractivity contribution in [1.82, 2.24) is 0 Å². The highest BCUT2D eigenvalue weighted by atomic mass is 16.5. The van der Waals surface area contributed by atoms with E-state index in [2.05, 4.69) is 32.9 Å². The van der Waals surface area contributed by atoms with Crippen molar-refractivity contribution in [2.45, 2.75) is 32.8 Å². The zero-order valence-electron chi connectivity index (χ0n) is 19.3. The third kappa shape index (κ3) is 6.01. The third-order valence-corrected chi connectivity index (χ3v) is 5.20. The molecule has 0 unspecified atom stereocenters. The van der Waals surface area contributed by atoms with Gasteiger partial charge in [-0.15, -0.1) is 0 Å². The summed E-state index contributed by atoms with van der Waals surface area (Å²) in [6.07, 6.45) is 3.36. The first kappa shape index (κ1) is 23.1. The van der Waals surface area contributed by atoms with Crippen LogP contribution in [0.5, 0.6) is 17.2 Å². The van der Waals surface area contributed by atoms with Crippen molar-refractivity contribution in [1.29, 1.82) is 0 Å². The summed E-state index contributed by atoms with van der Waals surface area (Å²) in [6.45, 7) is 6.92. The number of carbonyl (C=O) groups is 1. The monoisotopic (exact) mass is 430 g/mol. The lowest BCUT2D eigenvalue weighted by Crippen LogP contribution is -2.10. The van der Waals surface area contributed by atoms with Crippen LogP contribution in [0, 0.1) is 0 Å². The molecule has 0 fully saturated rings. The van der Waals surface area contributed by atoms with Gasteiger partial charge in [-0.1, -0.05) is 57.2 Å². The van der Waals surface area contributed by atoms with Gasteiger partial charge < -0.3 is 14.2 Å². The fraction of sp³-hybridized carbons (Fsp3) is 0.250. The number of rotatable bonds is 8. The normalized spacial score (nSPS) is 11.4. The molecule has 3 aromatic rings. The predicted molar refractivity (Wildman–Crippen MR) is 129 cm³/mol. The molecule has 4 heteroatoms. The van der Waals surface area contributed by atoms with Gasteiger partial charge in [-0.2, -0.15) is 0 Å². The molecular weight excluding hydrogens is 400 g/mol. The van der Waals surface area contributed by atoms with Crippen molar-refractivity contribution < 1.29 is 19.0 Å². The van der Waals surface area contributed by atoms with Crippen LogP contribution in [0.3, 0.4) is 0 Å². The average molecular weight is 431 g/mol. The number of ether oxygens (including phenoxy) is 3. The second-order valence-electron chi connectivity index (χ2n) is 8.56. The van der Waals surface area contributed by atoms with E-state index in [1.165, 1.54) is 5.56 Å². The highest BCUT2D eigenvalue weighted by Crippen LogP contribution is 2.26. The quantitative estimate of drug-likeness (QED) is 0.303. The van der Waals surface area contributed by atoms with Gasteiger partial charge in [0.15, 0.2) is 5.78 Å². The highest BCUT2D eigenvalue weighted by Gasteiger charge is 2.13. The van der Waals surface area contributed by atoms with Crippen LogP contribution in [0.15, 0.2) is 72.8 Å². The molecule has 0 atom stereocenters. The van der Waals surface area contributed by atoms with E-state index in [4.69, 9.17) is 14.2 Å². The minimum Gasteiger partial charge on any atom is -0.497 e. The van der Waals surface area contributed by atoms with Gasteiger partial charge in [0, 0.05) is 11.1 Å². The van der Waals surface area contributed by atoms with Gasteiger partial charge in [0.05, 0.1) is 14.2 Å². The number of ketones is 1. The first-order chi connectivity index (χ1) is 15.3. The number of hydrogen-bond acceptors (Lipinski definition) is 4. The molecule has 0 aliphatic rings. The Kier molecular flexibility index (Phi) is 7.37. The number of carbonyl (C=O) groups excluding carboxylic acids is 1. The Bertz CT molecular complexity index is 1090. The Labute approximate surface area is 190 Å². The molecule has 4 nitrogen and oxygen atoms in total. The maximum atomic E-state index is 12.5. The van der Waals surface area contributed by atoms with E-state index in [0.29, 0.717) is 17.9 Å². The Morgan fingerprint density at radius 2 is 1.62 bits per heavy atom. The van der Waals surface area contributed by atoms with Gasteiger partial charge >= 0.3 is 0 Å². The van der Waals surface area contributed by atoms with E-state index in [-0.39, 0.29) is 11.2 Å². The molecule has 32 heavy (non-hydrogen) atoms. The van der Waals surface area contributed by atoms with E-state index in [1.54, 1.807) is 44.6 Å². The smallest absolute Gasteiger partial charge is 0.185 e. The molecule has 0 spiro atoms. The Hall–Kier alpha value is -3.53. The second kappa shape index (κ2) is 10.2. The molecule has 0 heterocycles. The molecule has 166 valence electrons. The largest absolute Gasteiger partial charge is 0.497 e. The molecule has 0 bridgehead atoms. The van der Waals surface area contributed by atoms with Gasteiger partial charge in [0.2, 0.25) is 0 Å². The van der Waals surface area contributed by atoms with Gasteiger partial charge in [-0.3, -0.25) is 4.79 Å². The zero-order chi connectivity index (χ0) is 23.1. The molecular formula is C28H30O4. The van der Waals surface area contributed by atoms with Gasteiger partial charge in [-0.05, 0) is 59.0 Å². The summed E-state index contributed by atoms with van der Waals surface area (Å²) in [5.74, 6) is 2.11. The molecule has 0 aliphatic heterocycles. The molecule has 3 aromatic carbocycles. The molecule has 0 aromatic heterocycles. The van der Waals surface area contributed by atoms with Crippen LogP contribution in [-0.2, 0) is 12.0 Å². The maximum Gasteiger partial charge on any atom is 0.185 e. The lowest BCUT2D eigenvalue weighted by molar-refractivity contribution is 0.104. The first-order valence-electron chi connectivity index (χ1n) is 10.6. The van der Waals surface area contributed by atoms with Crippen molar-refractivity contribution in [3.63, 3.8) is 0 Å². The van der Waals surface area contributed by atoms with E-state index >= 15 is 0 Å². The molecule has 3 rings (SSSR count). The Morgan fingerprint density at radius 3 is 2.28 bits per heavy atom. The summed E-state index contributed by atoms with van der Waals surface area (Å²) in [5, 5.41) is 0. The van der Waals surface area contributed by atoms with Crippen LogP contribution >= 0.6 is 0 Å². The van der Waals surface area contributed by atoms with E-state index in [1.807, 2.05) is 36.4 Å². The average Bonchev–Trinajstić information content (AvgIpc) is 2.81. The van der Waals surface area contributed by atoms with Crippen LogP contribution in [0.1, 0.15) is 47.8 Å². The van der Waals surface area contributed by atoms with Crippen molar-refractivity contribution >= 4 is 11.9 Å². The molecule has 0 aliphatic carbocycles. The summed E-state index contributed by atoms with van der Waals surface area (Å²) < 4.78 is 16.7. The van der Waals surface area contributed by atoms with Gasteiger partial charge in [0.1, 0.15) is 23.9 Å².